The Morgan fingerprint density at radius 2 is 2.00 bits per heavy atom. The smallest absolute Gasteiger partial charge is 0.0365 e. The molecule has 0 atom stereocenters. The lowest BCUT2D eigenvalue weighted by Crippen LogP contribution is -1.72. The second-order valence-corrected chi connectivity index (χ2v) is 3.16. The molecular formula is C10H17Cl. The van der Waals surface area contributed by atoms with Crippen LogP contribution in [-0.2, 0) is 0 Å². The van der Waals surface area contributed by atoms with Crippen molar-refractivity contribution in [3.05, 3.63) is 22.8 Å². The van der Waals surface area contributed by atoms with Crippen LogP contribution < -0.4 is 0 Å². The van der Waals surface area contributed by atoms with E-state index in [0.717, 1.165) is 24.3 Å². The van der Waals surface area contributed by atoms with Crippen LogP contribution in [0, 0.1) is 0 Å². The number of halogens is 1. The van der Waals surface area contributed by atoms with E-state index >= 15 is 0 Å². The zero-order valence-corrected chi connectivity index (χ0v) is 8.41. The monoisotopic (exact) mass is 172 g/mol. The Bertz CT molecular complexity index is 154. The highest BCUT2D eigenvalue weighted by Gasteiger charge is 1.87. The quantitative estimate of drug-likeness (QED) is 0.556. The number of hydrogen-bond donors (Lipinski definition) is 0. The molecule has 0 radical (unpaired) electrons. The molecular weight excluding hydrogens is 156 g/mol. The minimum Gasteiger partial charge on any atom is -0.0847 e. The van der Waals surface area contributed by atoms with Crippen molar-refractivity contribution in [2.24, 2.45) is 0 Å². The van der Waals surface area contributed by atoms with E-state index in [4.69, 9.17) is 11.6 Å². The number of allylic oxidation sites excluding steroid dienone is 4. The van der Waals surface area contributed by atoms with Crippen molar-refractivity contribution in [2.75, 3.05) is 0 Å². The first-order valence-electron chi connectivity index (χ1n) is 4.23. The highest BCUT2D eigenvalue weighted by Crippen LogP contribution is 2.10. The Morgan fingerprint density at radius 1 is 1.36 bits per heavy atom. The van der Waals surface area contributed by atoms with Crippen LogP contribution in [0.2, 0.25) is 0 Å². The van der Waals surface area contributed by atoms with Crippen molar-refractivity contribution in [2.45, 2.75) is 40.0 Å². The molecule has 1 heteroatoms. The van der Waals surface area contributed by atoms with E-state index in [-0.39, 0.29) is 0 Å². The van der Waals surface area contributed by atoms with Crippen molar-refractivity contribution in [1.82, 2.24) is 0 Å². The van der Waals surface area contributed by atoms with E-state index in [1.807, 2.05) is 6.08 Å². The minimum atomic E-state index is 0.881. The molecule has 0 fully saturated rings. The molecule has 0 aromatic rings. The van der Waals surface area contributed by atoms with Crippen molar-refractivity contribution < 1.29 is 0 Å². The standard InChI is InChI=1S/C10H17Cl/c1-4-6-7-10(11)8-9(3)5-2/h7-8H,4-6H2,1-3H3/b9-8-,10-7+. The largest absolute Gasteiger partial charge is 0.0847 e. The molecule has 0 amide bonds. The van der Waals surface area contributed by atoms with Gasteiger partial charge in [-0.1, -0.05) is 43.5 Å². The van der Waals surface area contributed by atoms with Gasteiger partial charge in [0.25, 0.3) is 0 Å². The Kier molecular flexibility index (Phi) is 6.34. The molecule has 0 rings (SSSR count). The van der Waals surface area contributed by atoms with Gasteiger partial charge in [-0.05, 0) is 25.8 Å². The van der Waals surface area contributed by atoms with Gasteiger partial charge in [-0.3, -0.25) is 0 Å². The Morgan fingerprint density at radius 3 is 2.45 bits per heavy atom. The van der Waals surface area contributed by atoms with Crippen molar-refractivity contribution in [3.63, 3.8) is 0 Å². The lowest BCUT2D eigenvalue weighted by molar-refractivity contribution is 0.956. The van der Waals surface area contributed by atoms with Crippen LogP contribution in [0.5, 0.6) is 0 Å². The zero-order valence-electron chi connectivity index (χ0n) is 7.65. The van der Waals surface area contributed by atoms with E-state index in [9.17, 15) is 0 Å². The predicted octanol–water partition coefficient (Wildman–Crippen LogP) is 4.27. The maximum absolute atomic E-state index is 5.92. The summed E-state index contributed by atoms with van der Waals surface area (Å²) in [5.41, 5.74) is 1.34. The SMILES string of the molecule is CCC/C=C(Cl)\C=C(\C)CC. The second-order valence-electron chi connectivity index (χ2n) is 2.72. The summed E-state index contributed by atoms with van der Waals surface area (Å²) in [6, 6.07) is 0. The van der Waals surface area contributed by atoms with Gasteiger partial charge in [-0.25, -0.2) is 0 Å². The van der Waals surface area contributed by atoms with E-state index in [1.165, 1.54) is 5.57 Å². The van der Waals surface area contributed by atoms with Gasteiger partial charge in [0.2, 0.25) is 0 Å². The molecule has 0 saturated carbocycles. The fraction of sp³-hybridized carbons (Fsp3) is 0.600. The van der Waals surface area contributed by atoms with Crippen LogP contribution in [-0.4, -0.2) is 0 Å². The highest BCUT2D eigenvalue weighted by atomic mass is 35.5. The molecule has 0 N–H and O–H groups in total. The summed E-state index contributed by atoms with van der Waals surface area (Å²) < 4.78 is 0. The molecule has 0 aliphatic rings. The van der Waals surface area contributed by atoms with Crippen LogP contribution in [0.25, 0.3) is 0 Å². The predicted molar refractivity (Wildman–Crippen MR) is 52.9 cm³/mol. The number of rotatable bonds is 4. The average molecular weight is 173 g/mol. The van der Waals surface area contributed by atoms with Gasteiger partial charge < -0.3 is 0 Å². The van der Waals surface area contributed by atoms with E-state index < -0.39 is 0 Å². The van der Waals surface area contributed by atoms with Gasteiger partial charge in [0.1, 0.15) is 0 Å². The van der Waals surface area contributed by atoms with Gasteiger partial charge in [-0.2, -0.15) is 0 Å². The van der Waals surface area contributed by atoms with Crippen molar-refractivity contribution in [3.8, 4) is 0 Å². The van der Waals surface area contributed by atoms with E-state index in [1.54, 1.807) is 0 Å². The van der Waals surface area contributed by atoms with Crippen molar-refractivity contribution in [1.29, 1.82) is 0 Å². The first-order valence-corrected chi connectivity index (χ1v) is 4.61. The van der Waals surface area contributed by atoms with E-state index in [2.05, 4.69) is 26.8 Å². The summed E-state index contributed by atoms with van der Waals surface area (Å²) in [5, 5.41) is 0.881. The third-order valence-electron chi connectivity index (χ3n) is 1.57. The van der Waals surface area contributed by atoms with Gasteiger partial charge in [0.05, 0.1) is 0 Å². The molecule has 0 aliphatic carbocycles. The fourth-order valence-electron chi connectivity index (χ4n) is 0.679. The first-order chi connectivity index (χ1) is 5.20. The van der Waals surface area contributed by atoms with Crippen LogP contribution in [0.3, 0.4) is 0 Å². The summed E-state index contributed by atoms with van der Waals surface area (Å²) >= 11 is 5.92. The van der Waals surface area contributed by atoms with Crippen LogP contribution in [0.1, 0.15) is 40.0 Å². The van der Waals surface area contributed by atoms with Crippen molar-refractivity contribution >= 4 is 11.6 Å². The lowest BCUT2D eigenvalue weighted by Gasteiger charge is -1.94. The molecule has 0 aromatic carbocycles. The first kappa shape index (κ1) is 10.8. The maximum Gasteiger partial charge on any atom is 0.0365 e. The van der Waals surface area contributed by atoms with E-state index in [0.29, 0.717) is 0 Å². The summed E-state index contributed by atoms with van der Waals surface area (Å²) in [4.78, 5) is 0. The Hall–Kier alpha value is -0.230. The molecule has 0 bridgehead atoms. The molecule has 0 spiro atoms. The average Bonchev–Trinajstić information content (AvgIpc) is 2.00. The second kappa shape index (κ2) is 6.48. The third-order valence-corrected chi connectivity index (χ3v) is 1.83. The summed E-state index contributed by atoms with van der Waals surface area (Å²) in [5.74, 6) is 0. The third kappa shape index (κ3) is 6.18. The Balaban J connectivity index is 3.93. The molecule has 0 aromatic heterocycles. The molecule has 0 unspecified atom stereocenters. The number of hydrogen-bond acceptors (Lipinski definition) is 0. The lowest BCUT2D eigenvalue weighted by atomic mass is 10.2. The molecule has 0 nitrogen and oxygen atoms in total. The van der Waals surface area contributed by atoms with Gasteiger partial charge in [0, 0.05) is 5.03 Å². The number of unbranched alkanes of at least 4 members (excludes halogenated alkanes) is 1. The van der Waals surface area contributed by atoms with Gasteiger partial charge in [-0.15, -0.1) is 0 Å². The molecule has 64 valence electrons. The minimum absolute atomic E-state index is 0.881. The molecule has 0 saturated heterocycles. The fourth-order valence-corrected chi connectivity index (χ4v) is 0.974. The maximum atomic E-state index is 5.92. The van der Waals surface area contributed by atoms with Crippen LogP contribution >= 0.6 is 11.6 Å². The van der Waals surface area contributed by atoms with Gasteiger partial charge in [0.15, 0.2) is 0 Å². The molecule has 0 aliphatic heterocycles. The summed E-state index contributed by atoms with van der Waals surface area (Å²) in [6.07, 6.45) is 7.43. The highest BCUT2D eigenvalue weighted by molar-refractivity contribution is 6.31. The van der Waals surface area contributed by atoms with Crippen LogP contribution in [0.4, 0.5) is 0 Å². The van der Waals surface area contributed by atoms with Crippen LogP contribution in [0.15, 0.2) is 22.8 Å². The molecule has 11 heavy (non-hydrogen) atoms. The van der Waals surface area contributed by atoms with Gasteiger partial charge >= 0.3 is 0 Å². The molecule has 0 heterocycles. The normalized spacial score (nSPS) is 13.8. The topological polar surface area (TPSA) is 0 Å². The zero-order chi connectivity index (χ0) is 8.69. The summed E-state index contributed by atoms with van der Waals surface area (Å²) in [7, 11) is 0. The summed E-state index contributed by atoms with van der Waals surface area (Å²) in [6.45, 7) is 6.38. The Labute approximate surface area is 74.9 Å².